The summed E-state index contributed by atoms with van der Waals surface area (Å²) in [5, 5.41) is 2.95. The molecule has 0 fully saturated rings. The lowest BCUT2D eigenvalue weighted by Crippen LogP contribution is -2.10. The highest BCUT2D eigenvalue weighted by Gasteiger charge is 2.20. The molecule has 1 heterocycles. The second kappa shape index (κ2) is 4.84. The number of hydrogen-bond acceptors (Lipinski definition) is 1. The molecule has 0 saturated carbocycles. The summed E-state index contributed by atoms with van der Waals surface area (Å²) >= 11 is 0. The molecule has 1 aromatic heterocycles. The quantitative estimate of drug-likeness (QED) is 0.881. The average Bonchev–Trinajstić information content (AvgIpc) is 2.68. The van der Waals surface area contributed by atoms with Gasteiger partial charge in [0.1, 0.15) is 0 Å². The summed E-state index contributed by atoms with van der Waals surface area (Å²) in [6.45, 7) is 8.40. The normalized spacial score (nSPS) is 11.4. The highest BCUT2D eigenvalue weighted by molar-refractivity contribution is 5.65. The first-order chi connectivity index (χ1) is 8.52. The number of rotatable bonds is 3. The Bertz CT molecular complexity index is 576. The Labute approximate surface area is 107 Å². The number of nitrogens with zero attached hydrogens (tertiary/aromatic N) is 1. The Morgan fingerprint density at radius 1 is 1.06 bits per heavy atom. The Morgan fingerprint density at radius 2 is 1.67 bits per heavy atom. The van der Waals surface area contributed by atoms with E-state index >= 15 is 0 Å². The summed E-state index contributed by atoms with van der Waals surface area (Å²) in [5.41, 5.74) is 2.88. The Balaban J connectivity index is 2.71. The SMILES string of the molecule is CC(C)c1c(-c2ccccc2)c(=O)[nH]n1C(C)C. The second-order valence-electron chi connectivity index (χ2n) is 5.19. The van der Waals surface area contributed by atoms with E-state index in [0.29, 0.717) is 5.92 Å². The molecule has 0 saturated heterocycles. The molecular weight excluding hydrogens is 224 g/mol. The molecule has 3 heteroatoms. The Hall–Kier alpha value is -1.77. The van der Waals surface area contributed by atoms with Crippen molar-refractivity contribution in [1.29, 1.82) is 0 Å². The van der Waals surface area contributed by atoms with Crippen LogP contribution in [0.2, 0.25) is 0 Å². The zero-order chi connectivity index (χ0) is 13.3. The van der Waals surface area contributed by atoms with E-state index in [4.69, 9.17) is 0 Å². The van der Waals surface area contributed by atoms with Gasteiger partial charge in [-0.3, -0.25) is 14.6 Å². The first-order valence-electron chi connectivity index (χ1n) is 6.42. The van der Waals surface area contributed by atoms with Gasteiger partial charge in [-0.2, -0.15) is 0 Å². The van der Waals surface area contributed by atoms with Crippen molar-refractivity contribution in [3.63, 3.8) is 0 Å². The summed E-state index contributed by atoms with van der Waals surface area (Å²) in [4.78, 5) is 12.2. The number of aromatic nitrogens is 2. The molecule has 0 spiro atoms. The molecule has 2 aromatic rings. The lowest BCUT2D eigenvalue weighted by molar-refractivity contribution is 0.495. The lowest BCUT2D eigenvalue weighted by Gasteiger charge is -2.16. The predicted molar refractivity (Wildman–Crippen MR) is 75.0 cm³/mol. The molecule has 1 aromatic carbocycles. The van der Waals surface area contributed by atoms with Crippen molar-refractivity contribution in [2.75, 3.05) is 0 Å². The molecule has 2 rings (SSSR count). The zero-order valence-corrected chi connectivity index (χ0v) is 11.4. The maximum Gasteiger partial charge on any atom is 0.272 e. The minimum absolute atomic E-state index is 0.00130. The number of hydrogen-bond donors (Lipinski definition) is 1. The van der Waals surface area contributed by atoms with E-state index in [0.717, 1.165) is 16.8 Å². The first-order valence-corrected chi connectivity index (χ1v) is 6.42. The van der Waals surface area contributed by atoms with Crippen molar-refractivity contribution < 1.29 is 0 Å². The molecule has 0 aliphatic heterocycles. The Morgan fingerprint density at radius 3 is 2.17 bits per heavy atom. The van der Waals surface area contributed by atoms with Gasteiger partial charge in [0.25, 0.3) is 5.56 Å². The number of aromatic amines is 1. The number of H-pyrrole nitrogens is 1. The van der Waals surface area contributed by atoms with E-state index in [1.54, 1.807) is 0 Å². The molecular formula is C15H20N2O. The fourth-order valence-electron chi connectivity index (χ4n) is 2.32. The molecule has 96 valence electrons. The third kappa shape index (κ3) is 2.13. The minimum Gasteiger partial charge on any atom is -0.286 e. The average molecular weight is 244 g/mol. The molecule has 18 heavy (non-hydrogen) atoms. The highest BCUT2D eigenvalue weighted by Crippen LogP contribution is 2.27. The van der Waals surface area contributed by atoms with Gasteiger partial charge in [-0.1, -0.05) is 44.2 Å². The van der Waals surface area contributed by atoms with Crippen molar-refractivity contribution in [3.8, 4) is 11.1 Å². The maximum atomic E-state index is 12.2. The summed E-state index contributed by atoms with van der Waals surface area (Å²) in [7, 11) is 0. The fraction of sp³-hybridized carbons (Fsp3) is 0.400. The van der Waals surface area contributed by atoms with Crippen LogP contribution in [-0.4, -0.2) is 9.78 Å². The highest BCUT2D eigenvalue weighted by atomic mass is 16.1. The molecule has 0 bridgehead atoms. The number of nitrogens with one attached hydrogen (secondary N) is 1. The van der Waals surface area contributed by atoms with E-state index in [9.17, 15) is 4.79 Å². The maximum absolute atomic E-state index is 12.2. The van der Waals surface area contributed by atoms with Gasteiger partial charge in [0.2, 0.25) is 0 Å². The predicted octanol–water partition coefficient (Wildman–Crippen LogP) is 3.55. The molecule has 3 nitrogen and oxygen atoms in total. The Kier molecular flexibility index (Phi) is 3.41. The van der Waals surface area contributed by atoms with Crippen molar-refractivity contribution in [3.05, 3.63) is 46.4 Å². The summed E-state index contributed by atoms with van der Waals surface area (Å²) < 4.78 is 1.98. The topological polar surface area (TPSA) is 37.8 Å². The van der Waals surface area contributed by atoms with Gasteiger partial charge >= 0.3 is 0 Å². The van der Waals surface area contributed by atoms with Crippen LogP contribution < -0.4 is 5.56 Å². The van der Waals surface area contributed by atoms with Crippen LogP contribution in [-0.2, 0) is 0 Å². The van der Waals surface area contributed by atoms with E-state index in [2.05, 4.69) is 32.8 Å². The van der Waals surface area contributed by atoms with Crippen molar-refractivity contribution in [1.82, 2.24) is 9.78 Å². The van der Waals surface area contributed by atoms with Crippen LogP contribution in [0, 0.1) is 0 Å². The fourth-order valence-corrected chi connectivity index (χ4v) is 2.32. The number of benzene rings is 1. The van der Waals surface area contributed by atoms with Gasteiger partial charge in [0.15, 0.2) is 0 Å². The smallest absolute Gasteiger partial charge is 0.272 e. The zero-order valence-electron chi connectivity index (χ0n) is 11.4. The van der Waals surface area contributed by atoms with Crippen LogP contribution in [0.25, 0.3) is 11.1 Å². The van der Waals surface area contributed by atoms with Gasteiger partial charge in [-0.05, 0) is 25.3 Å². The molecule has 0 unspecified atom stereocenters. The standard InChI is InChI=1S/C15H20N2O/c1-10(2)14-13(12-8-6-5-7-9-12)15(18)16-17(14)11(3)4/h5-11H,1-4H3,(H,16,18). The largest absolute Gasteiger partial charge is 0.286 e. The van der Waals surface area contributed by atoms with E-state index in [-0.39, 0.29) is 11.6 Å². The minimum atomic E-state index is -0.00130. The lowest BCUT2D eigenvalue weighted by atomic mass is 9.99. The molecule has 0 amide bonds. The second-order valence-corrected chi connectivity index (χ2v) is 5.19. The van der Waals surface area contributed by atoms with Crippen LogP contribution in [0.4, 0.5) is 0 Å². The molecule has 0 radical (unpaired) electrons. The van der Waals surface area contributed by atoms with Crippen LogP contribution in [0.1, 0.15) is 45.3 Å². The van der Waals surface area contributed by atoms with Crippen LogP contribution in [0.5, 0.6) is 0 Å². The van der Waals surface area contributed by atoms with Crippen molar-refractivity contribution in [2.24, 2.45) is 0 Å². The van der Waals surface area contributed by atoms with E-state index in [1.165, 1.54) is 0 Å². The molecule has 0 aliphatic carbocycles. The van der Waals surface area contributed by atoms with E-state index < -0.39 is 0 Å². The summed E-state index contributed by atoms with van der Waals surface area (Å²) in [5.74, 6) is 0.307. The molecule has 0 atom stereocenters. The van der Waals surface area contributed by atoms with Crippen molar-refractivity contribution >= 4 is 0 Å². The summed E-state index contributed by atoms with van der Waals surface area (Å²) in [6.07, 6.45) is 0. The van der Waals surface area contributed by atoms with Crippen LogP contribution in [0.15, 0.2) is 35.1 Å². The monoisotopic (exact) mass is 244 g/mol. The van der Waals surface area contributed by atoms with Gasteiger partial charge < -0.3 is 0 Å². The summed E-state index contributed by atoms with van der Waals surface area (Å²) in [6, 6.07) is 10.1. The van der Waals surface area contributed by atoms with Gasteiger partial charge in [-0.25, -0.2) is 0 Å². The molecule has 1 N–H and O–H groups in total. The van der Waals surface area contributed by atoms with Gasteiger partial charge in [-0.15, -0.1) is 0 Å². The van der Waals surface area contributed by atoms with E-state index in [1.807, 2.05) is 35.0 Å². The first kappa shape index (κ1) is 12.7. The van der Waals surface area contributed by atoms with Crippen LogP contribution in [0.3, 0.4) is 0 Å². The third-order valence-corrected chi connectivity index (χ3v) is 3.09. The van der Waals surface area contributed by atoms with Gasteiger partial charge in [0, 0.05) is 6.04 Å². The van der Waals surface area contributed by atoms with Crippen molar-refractivity contribution in [2.45, 2.75) is 39.7 Å². The van der Waals surface area contributed by atoms with Gasteiger partial charge in [0.05, 0.1) is 11.3 Å². The third-order valence-electron chi connectivity index (χ3n) is 3.09. The molecule has 0 aliphatic rings. The van der Waals surface area contributed by atoms with Crippen LogP contribution >= 0.6 is 0 Å².